The summed E-state index contributed by atoms with van der Waals surface area (Å²) in [6.07, 6.45) is 2.52. The number of carbonyl (C=O) groups excluding carboxylic acids is 1. The first-order valence-corrected chi connectivity index (χ1v) is 8.90. The Morgan fingerprint density at radius 3 is 2.52 bits per heavy atom. The fourth-order valence-corrected chi connectivity index (χ4v) is 2.86. The van der Waals surface area contributed by atoms with E-state index in [4.69, 9.17) is 14.6 Å². The van der Waals surface area contributed by atoms with Crippen LogP contribution < -0.4 is 0 Å². The highest BCUT2D eigenvalue weighted by molar-refractivity contribution is 5.77. The van der Waals surface area contributed by atoms with Gasteiger partial charge in [-0.1, -0.05) is 6.08 Å². The van der Waals surface area contributed by atoms with E-state index in [0.29, 0.717) is 13.2 Å². The molecule has 1 amide bonds. The molecule has 2 rings (SSSR count). The van der Waals surface area contributed by atoms with E-state index in [-0.39, 0.29) is 18.1 Å². The molecule has 0 spiro atoms. The van der Waals surface area contributed by atoms with Gasteiger partial charge in [0.05, 0.1) is 25.5 Å². The standard InChI is InChI=1S/C16H26N4O2.C2HF3O2/c1-5-8-22-15-6-7-20(12-16(21)18(2)3)14(15)9-13-10-17-19(4)11-13;3-2(4,5)1(6)7/h5,10-11,14-15H,1,6-9,12H2,2-4H3;(H,6,7)/t14-,15+;/m0./s1. The lowest BCUT2D eigenvalue weighted by Gasteiger charge is -2.28. The smallest absolute Gasteiger partial charge is 0.475 e. The highest BCUT2D eigenvalue weighted by Gasteiger charge is 2.38. The van der Waals surface area contributed by atoms with Gasteiger partial charge in [-0.05, 0) is 18.4 Å². The molecule has 0 aromatic carbocycles. The molecule has 1 aromatic heterocycles. The summed E-state index contributed by atoms with van der Waals surface area (Å²) in [4.78, 5) is 24.8. The van der Waals surface area contributed by atoms with Crippen LogP contribution in [0.25, 0.3) is 0 Å². The molecule has 1 N–H and O–H groups in total. The number of hydrogen-bond donors (Lipinski definition) is 1. The Bertz CT molecular complexity index is 691. The molecule has 1 fully saturated rings. The van der Waals surface area contributed by atoms with Crippen molar-refractivity contribution in [2.45, 2.75) is 31.2 Å². The number of likely N-dealkylation sites (N-methyl/N-ethyl adjacent to an activating group) is 1. The molecule has 164 valence electrons. The van der Waals surface area contributed by atoms with Crippen LogP contribution in [0, 0.1) is 0 Å². The van der Waals surface area contributed by atoms with Crippen molar-refractivity contribution in [1.29, 1.82) is 0 Å². The van der Waals surface area contributed by atoms with Crippen molar-refractivity contribution in [3.63, 3.8) is 0 Å². The number of carboxylic acid groups (broad SMARTS) is 1. The highest BCUT2D eigenvalue weighted by Crippen LogP contribution is 2.24. The van der Waals surface area contributed by atoms with Crippen LogP contribution in [0.1, 0.15) is 12.0 Å². The van der Waals surface area contributed by atoms with Crippen LogP contribution in [0.15, 0.2) is 25.0 Å². The quantitative estimate of drug-likeness (QED) is 0.670. The maximum absolute atomic E-state index is 12.0. The van der Waals surface area contributed by atoms with Gasteiger partial charge in [-0.15, -0.1) is 6.58 Å². The fraction of sp³-hybridized carbons (Fsp3) is 0.611. The molecule has 29 heavy (non-hydrogen) atoms. The van der Waals surface area contributed by atoms with Gasteiger partial charge in [0.15, 0.2) is 0 Å². The molecule has 2 atom stereocenters. The van der Waals surface area contributed by atoms with Crippen molar-refractivity contribution in [2.75, 3.05) is 33.8 Å². The number of ether oxygens (including phenoxy) is 1. The van der Waals surface area contributed by atoms with E-state index in [9.17, 15) is 18.0 Å². The minimum Gasteiger partial charge on any atom is -0.475 e. The molecule has 8 nitrogen and oxygen atoms in total. The SMILES string of the molecule is C=CCO[C@@H]1CCN(CC(=O)N(C)C)[C@H]1Cc1cnn(C)c1.O=C(O)C(F)(F)F. The molecule has 0 aliphatic carbocycles. The number of aromatic nitrogens is 2. The van der Waals surface area contributed by atoms with E-state index >= 15 is 0 Å². The van der Waals surface area contributed by atoms with Crippen LogP contribution in [-0.4, -0.2) is 88.7 Å². The van der Waals surface area contributed by atoms with E-state index in [1.165, 1.54) is 5.56 Å². The Morgan fingerprint density at radius 2 is 2.07 bits per heavy atom. The summed E-state index contributed by atoms with van der Waals surface area (Å²) >= 11 is 0. The molecule has 0 radical (unpaired) electrons. The Hall–Kier alpha value is -2.40. The van der Waals surface area contributed by atoms with Crippen molar-refractivity contribution in [3.05, 3.63) is 30.6 Å². The average molecular weight is 420 g/mol. The summed E-state index contributed by atoms with van der Waals surface area (Å²) in [6.45, 7) is 5.57. The summed E-state index contributed by atoms with van der Waals surface area (Å²) in [7, 11) is 5.50. The van der Waals surface area contributed by atoms with Gasteiger partial charge in [-0.3, -0.25) is 14.4 Å². The summed E-state index contributed by atoms with van der Waals surface area (Å²) in [5.41, 5.74) is 1.17. The monoisotopic (exact) mass is 420 g/mol. The summed E-state index contributed by atoms with van der Waals surface area (Å²) < 4.78 is 39.4. The number of amides is 1. The zero-order valence-electron chi connectivity index (χ0n) is 16.7. The van der Waals surface area contributed by atoms with Gasteiger partial charge >= 0.3 is 12.1 Å². The minimum atomic E-state index is -5.08. The second-order valence-corrected chi connectivity index (χ2v) is 6.80. The molecule has 1 aromatic rings. The number of carbonyl (C=O) groups is 2. The maximum atomic E-state index is 12.0. The van der Waals surface area contributed by atoms with Crippen LogP contribution in [0.5, 0.6) is 0 Å². The Balaban J connectivity index is 0.000000516. The second kappa shape index (κ2) is 11.0. The predicted octanol–water partition coefficient (Wildman–Crippen LogP) is 1.33. The summed E-state index contributed by atoms with van der Waals surface area (Å²) in [6, 6.07) is 0.202. The first-order valence-electron chi connectivity index (χ1n) is 8.90. The number of nitrogens with zero attached hydrogens (tertiary/aromatic N) is 4. The largest absolute Gasteiger partial charge is 0.490 e. The number of alkyl halides is 3. The molecule has 0 bridgehead atoms. The Kier molecular flexibility index (Phi) is 9.31. The summed E-state index contributed by atoms with van der Waals surface area (Å²) in [5, 5.41) is 11.4. The lowest BCUT2D eigenvalue weighted by molar-refractivity contribution is -0.192. The van der Waals surface area contributed by atoms with E-state index < -0.39 is 12.1 Å². The first kappa shape index (κ1) is 24.6. The number of aryl methyl sites for hydroxylation is 1. The number of halogens is 3. The first-order chi connectivity index (χ1) is 13.5. The summed E-state index contributed by atoms with van der Waals surface area (Å²) in [5.74, 6) is -2.63. The number of aliphatic carboxylic acids is 1. The van der Waals surface area contributed by atoms with E-state index in [1.807, 2.05) is 19.4 Å². The molecule has 1 aliphatic heterocycles. The Labute approximate surface area is 167 Å². The van der Waals surface area contributed by atoms with E-state index in [2.05, 4.69) is 16.6 Å². The van der Waals surface area contributed by atoms with Gasteiger partial charge in [0.1, 0.15) is 0 Å². The van der Waals surface area contributed by atoms with Gasteiger partial charge in [-0.2, -0.15) is 18.3 Å². The topological polar surface area (TPSA) is 87.9 Å². The van der Waals surface area contributed by atoms with Crippen LogP contribution in [0.3, 0.4) is 0 Å². The molecule has 1 aliphatic rings. The normalized spacial score (nSPS) is 19.4. The van der Waals surface area contributed by atoms with Crippen molar-refractivity contribution in [1.82, 2.24) is 19.6 Å². The van der Waals surface area contributed by atoms with Crippen LogP contribution in [-0.2, 0) is 27.8 Å². The lowest BCUT2D eigenvalue weighted by atomic mass is 10.0. The number of hydrogen-bond acceptors (Lipinski definition) is 5. The lowest BCUT2D eigenvalue weighted by Crippen LogP contribution is -2.43. The van der Waals surface area contributed by atoms with Crippen molar-refractivity contribution in [3.8, 4) is 0 Å². The fourth-order valence-electron chi connectivity index (χ4n) is 2.86. The van der Waals surface area contributed by atoms with E-state index in [1.54, 1.807) is 29.8 Å². The zero-order chi connectivity index (χ0) is 22.2. The van der Waals surface area contributed by atoms with Gasteiger partial charge in [0, 0.05) is 39.9 Å². The average Bonchev–Trinajstić information content (AvgIpc) is 3.19. The number of carboxylic acids is 1. The van der Waals surface area contributed by atoms with Crippen LogP contribution in [0.2, 0.25) is 0 Å². The second-order valence-electron chi connectivity index (χ2n) is 6.80. The van der Waals surface area contributed by atoms with Crippen molar-refractivity contribution in [2.24, 2.45) is 7.05 Å². The molecule has 1 saturated heterocycles. The highest BCUT2D eigenvalue weighted by atomic mass is 19.4. The van der Waals surface area contributed by atoms with Crippen molar-refractivity contribution < 1.29 is 32.6 Å². The third kappa shape index (κ3) is 8.24. The van der Waals surface area contributed by atoms with E-state index in [0.717, 1.165) is 19.4 Å². The molecule has 2 heterocycles. The molecule has 0 saturated carbocycles. The van der Waals surface area contributed by atoms with Crippen molar-refractivity contribution >= 4 is 11.9 Å². The maximum Gasteiger partial charge on any atom is 0.490 e. The van der Waals surface area contributed by atoms with Crippen LogP contribution >= 0.6 is 0 Å². The molecule has 0 unspecified atom stereocenters. The number of likely N-dealkylation sites (tertiary alicyclic amines) is 1. The zero-order valence-corrected chi connectivity index (χ0v) is 16.7. The molecular formula is C18H27F3N4O4. The van der Waals surface area contributed by atoms with Gasteiger partial charge in [-0.25, -0.2) is 4.79 Å². The minimum absolute atomic E-state index is 0.126. The number of rotatable bonds is 7. The third-order valence-electron chi connectivity index (χ3n) is 4.31. The molecule has 11 heteroatoms. The molecular weight excluding hydrogens is 393 g/mol. The van der Waals surface area contributed by atoms with Gasteiger partial charge < -0.3 is 14.7 Å². The van der Waals surface area contributed by atoms with Gasteiger partial charge in [0.2, 0.25) is 5.91 Å². The predicted molar refractivity (Wildman–Crippen MR) is 99.2 cm³/mol. The Morgan fingerprint density at radius 1 is 1.45 bits per heavy atom. The van der Waals surface area contributed by atoms with Crippen LogP contribution in [0.4, 0.5) is 13.2 Å². The third-order valence-corrected chi connectivity index (χ3v) is 4.31. The van der Waals surface area contributed by atoms with Gasteiger partial charge in [0.25, 0.3) is 0 Å².